The highest BCUT2D eigenvalue weighted by atomic mass is 19.1. The maximum absolute atomic E-state index is 13.7. The van der Waals surface area contributed by atoms with Gasteiger partial charge < -0.3 is 15.7 Å². The number of benzene rings is 2. The molecule has 0 aromatic heterocycles. The molecule has 6 heteroatoms. The molecule has 0 aliphatic rings. The third-order valence-electron chi connectivity index (χ3n) is 2.88. The molecule has 0 atom stereocenters. The summed E-state index contributed by atoms with van der Waals surface area (Å²) in [6, 6.07) is 9.91. The number of rotatable bonds is 3. The van der Waals surface area contributed by atoms with Gasteiger partial charge in [-0.1, -0.05) is 24.3 Å². The van der Waals surface area contributed by atoms with Crippen LogP contribution < -0.4 is 10.6 Å². The molecule has 21 heavy (non-hydrogen) atoms. The number of carboxylic acid groups (broad SMARTS) is 1. The van der Waals surface area contributed by atoms with Gasteiger partial charge in [0.1, 0.15) is 5.82 Å². The van der Waals surface area contributed by atoms with Crippen molar-refractivity contribution in [3.63, 3.8) is 0 Å². The van der Waals surface area contributed by atoms with Crippen LogP contribution in [0.5, 0.6) is 0 Å². The highest BCUT2D eigenvalue weighted by Gasteiger charge is 2.16. The monoisotopic (exact) mass is 288 g/mol. The quantitative estimate of drug-likeness (QED) is 0.809. The summed E-state index contributed by atoms with van der Waals surface area (Å²) in [5.41, 5.74) is 0.717. The number of urea groups is 1. The lowest BCUT2D eigenvalue weighted by Crippen LogP contribution is -2.22. The number of aryl methyl sites for hydroxylation is 1. The molecule has 0 bridgehead atoms. The second kappa shape index (κ2) is 6.04. The predicted molar refractivity (Wildman–Crippen MR) is 77.2 cm³/mol. The van der Waals surface area contributed by atoms with Gasteiger partial charge in [0.05, 0.1) is 11.3 Å². The molecule has 0 saturated carbocycles. The molecule has 2 amide bonds. The van der Waals surface area contributed by atoms with Crippen molar-refractivity contribution in [1.82, 2.24) is 0 Å². The number of anilines is 2. The molecule has 0 unspecified atom stereocenters. The van der Waals surface area contributed by atoms with Gasteiger partial charge in [-0.2, -0.15) is 0 Å². The maximum atomic E-state index is 13.7. The van der Waals surface area contributed by atoms with Gasteiger partial charge in [-0.3, -0.25) is 0 Å². The van der Waals surface area contributed by atoms with Gasteiger partial charge in [0.25, 0.3) is 0 Å². The summed E-state index contributed by atoms with van der Waals surface area (Å²) >= 11 is 0. The first-order valence-corrected chi connectivity index (χ1v) is 6.14. The Morgan fingerprint density at radius 2 is 1.76 bits per heavy atom. The summed E-state index contributed by atoms with van der Waals surface area (Å²) in [4.78, 5) is 22.9. The van der Waals surface area contributed by atoms with Crippen LogP contribution >= 0.6 is 0 Å². The van der Waals surface area contributed by atoms with Gasteiger partial charge in [0.2, 0.25) is 0 Å². The van der Waals surface area contributed by atoms with E-state index in [2.05, 4.69) is 10.6 Å². The van der Waals surface area contributed by atoms with E-state index in [4.69, 9.17) is 5.11 Å². The molecule has 2 aromatic rings. The van der Waals surface area contributed by atoms with Crippen LogP contribution in [0.25, 0.3) is 0 Å². The zero-order chi connectivity index (χ0) is 15.4. The summed E-state index contributed by atoms with van der Waals surface area (Å²) < 4.78 is 13.7. The zero-order valence-corrected chi connectivity index (χ0v) is 11.2. The standard InChI is InChI=1S/C15H13FN2O3/c1-9-5-2-3-8-12(9)17-15(21)18-13-10(14(19)20)6-4-7-11(13)16/h2-8H,1H3,(H,19,20)(H2,17,18,21). The first-order chi connectivity index (χ1) is 9.99. The number of carboxylic acids is 1. The van der Waals surface area contributed by atoms with Gasteiger partial charge in [-0.25, -0.2) is 14.0 Å². The number of carbonyl (C=O) groups excluding carboxylic acids is 1. The fourth-order valence-electron chi connectivity index (χ4n) is 1.81. The molecule has 2 rings (SSSR count). The average molecular weight is 288 g/mol. The van der Waals surface area contributed by atoms with E-state index in [1.807, 2.05) is 6.07 Å². The fraction of sp³-hybridized carbons (Fsp3) is 0.0667. The van der Waals surface area contributed by atoms with Gasteiger partial charge in [-0.05, 0) is 30.7 Å². The number of halogens is 1. The van der Waals surface area contributed by atoms with Crippen LogP contribution in [0.1, 0.15) is 15.9 Å². The average Bonchev–Trinajstić information content (AvgIpc) is 2.43. The summed E-state index contributed by atoms with van der Waals surface area (Å²) in [5.74, 6) is -2.13. The molecule has 3 N–H and O–H groups in total. The number of nitrogens with one attached hydrogen (secondary N) is 2. The third kappa shape index (κ3) is 3.36. The van der Waals surface area contributed by atoms with Crippen LogP contribution in [0.3, 0.4) is 0 Å². The van der Waals surface area contributed by atoms with Crippen molar-refractivity contribution in [3.8, 4) is 0 Å². The van der Waals surface area contributed by atoms with Crippen LogP contribution in [0.4, 0.5) is 20.6 Å². The van der Waals surface area contributed by atoms with Crippen LogP contribution in [0.15, 0.2) is 42.5 Å². The summed E-state index contributed by atoms with van der Waals surface area (Å²) in [6.07, 6.45) is 0. The van der Waals surface area contributed by atoms with Crippen LogP contribution in [0, 0.1) is 12.7 Å². The molecule has 5 nitrogen and oxygen atoms in total. The van der Waals surface area contributed by atoms with E-state index in [0.717, 1.165) is 11.6 Å². The molecule has 0 saturated heterocycles. The van der Waals surface area contributed by atoms with Crippen molar-refractivity contribution in [3.05, 3.63) is 59.4 Å². The van der Waals surface area contributed by atoms with Crippen LogP contribution in [0.2, 0.25) is 0 Å². The van der Waals surface area contributed by atoms with Crippen molar-refractivity contribution in [2.75, 3.05) is 10.6 Å². The Kier molecular flexibility index (Phi) is 4.18. The van der Waals surface area contributed by atoms with E-state index in [0.29, 0.717) is 5.69 Å². The van der Waals surface area contributed by atoms with Crippen molar-refractivity contribution >= 4 is 23.4 Å². The second-order valence-corrected chi connectivity index (χ2v) is 4.36. The summed E-state index contributed by atoms with van der Waals surface area (Å²) in [5, 5.41) is 13.8. The lowest BCUT2D eigenvalue weighted by Gasteiger charge is -2.12. The molecule has 0 radical (unpaired) electrons. The van der Waals surface area contributed by atoms with Gasteiger partial charge >= 0.3 is 12.0 Å². The predicted octanol–water partition coefficient (Wildman–Crippen LogP) is 3.48. The summed E-state index contributed by atoms with van der Waals surface area (Å²) in [7, 11) is 0. The lowest BCUT2D eigenvalue weighted by atomic mass is 10.1. The largest absolute Gasteiger partial charge is 0.478 e. The Balaban J connectivity index is 2.21. The number of hydrogen-bond donors (Lipinski definition) is 3. The Morgan fingerprint density at radius 3 is 2.43 bits per heavy atom. The van der Waals surface area contributed by atoms with E-state index < -0.39 is 17.8 Å². The van der Waals surface area contributed by atoms with E-state index in [1.165, 1.54) is 12.1 Å². The third-order valence-corrected chi connectivity index (χ3v) is 2.88. The Morgan fingerprint density at radius 1 is 1.05 bits per heavy atom. The van der Waals surface area contributed by atoms with Crippen molar-refractivity contribution in [2.24, 2.45) is 0 Å². The molecular weight excluding hydrogens is 275 g/mol. The topological polar surface area (TPSA) is 78.4 Å². The number of aromatic carboxylic acids is 1. The Hall–Kier alpha value is -2.89. The Labute approximate surface area is 120 Å². The zero-order valence-electron chi connectivity index (χ0n) is 11.2. The maximum Gasteiger partial charge on any atom is 0.337 e. The van der Waals surface area contributed by atoms with E-state index in [1.54, 1.807) is 25.1 Å². The number of hydrogen-bond acceptors (Lipinski definition) is 2. The second-order valence-electron chi connectivity index (χ2n) is 4.36. The van der Waals surface area contributed by atoms with Crippen molar-refractivity contribution < 1.29 is 19.1 Å². The van der Waals surface area contributed by atoms with Crippen LogP contribution in [-0.4, -0.2) is 17.1 Å². The molecule has 0 heterocycles. The molecule has 2 aromatic carbocycles. The molecule has 0 aliphatic heterocycles. The lowest BCUT2D eigenvalue weighted by molar-refractivity contribution is 0.0697. The number of amides is 2. The Bertz CT molecular complexity index is 701. The highest BCUT2D eigenvalue weighted by Crippen LogP contribution is 2.21. The van der Waals surface area contributed by atoms with Gasteiger partial charge in [0.15, 0.2) is 0 Å². The molecule has 0 fully saturated rings. The highest BCUT2D eigenvalue weighted by molar-refractivity contribution is 6.04. The van der Waals surface area contributed by atoms with E-state index >= 15 is 0 Å². The molecular formula is C15H13FN2O3. The first kappa shape index (κ1) is 14.5. The minimum atomic E-state index is -1.32. The minimum absolute atomic E-state index is 0.310. The van der Waals surface area contributed by atoms with E-state index in [9.17, 15) is 14.0 Å². The van der Waals surface area contributed by atoms with E-state index in [-0.39, 0.29) is 11.3 Å². The van der Waals surface area contributed by atoms with Gasteiger partial charge in [0, 0.05) is 5.69 Å². The SMILES string of the molecule is Cc1ccccc1NC(=O)Nc1c(F)cccc1C(=O)O. The van der Waals surface area contributed by atoms with Crippen molar-refractivity contribution in [1.29, 1.82) is 0 Å². The van der Waals surface area contributed by atoms with Crippen LogP contribution in [-0.2, 0) is 0 Å². The number of carbonyl (C=O) groups is 2. The normalized spacial score (nSPS) is 10.0. The fourth-order valence-corrected chi connectivity index (χ4v) is 1.81. The van der Waals surface area contributed by atoms with Crippen molar-refractivity contribution in [2.45, 2.75) is 6.92 Å². The smallest absolute Gasteiger partial charge is 0.337 e. The molecule has 0 spiro atoms. The van der Waals surface area contributed by atoms with Gasteiger partial charge in [-0.15, -0.1) is 0 Å². The number of para-hydroxylation sites is 2. The molecule has 108 valence electrons. The molecule has 0 aliphatic carbocycles. The summed E-state index contributed by atoms with van der Waals surface area (Å²) in [6.45, 7) is 1.81. The first-order valence-electron chi connectivity index (χ1n) is 6.14. The minimum Gasteiger partial charge on any atom is -0.478 e.